The number of hydrogen-bond donors (Lipinski definition) is 1. The molecule has 3 aliphatic heterocycles. The van der Waals surface area contributed by atoms with Gasteiger partial charge in [-0.05, 0) is 31.5 Å². The number of esters is 1. The molecule has 0 saturated carbocycles. The van der Waals surface area contributed by atoms with Crippen molar-refractivity contribution >= 4 is 29.4 Å². The monoisotopic (exact) mass is 461 g/mol. The summed E-state index contributed by atoms with van der Waals surface area (Å²) in [5, 5.41) is 2.84. The van der Waals surface area contributed by atoms with Crippen LogP contribution in [0.5, 0.6) is 0 Å². The highest BCUT2D eigenvalue weighted by atomic mass is 16.5. The van der Waals surface area contributed by atoms with Crippen molar-refractivity contribution in [1.82, 2.24) is 10.2 Å². The van der Waals surface area contributed by atoms with Crippen LogP contribution in [-0.2, 0) is 23.9 Å². The third-order valence-electron chi connectivity index (χ3n) is 7.44. The zero-order valence-corrected chi connectivity index (χ0v) is 19.4. The molecule has 3 aliphatic rings. The van der Waals surface area contributed by atoms with Gasteiger partial charge in [-0.2, -0.15) is 0 Å². The molecule has 0 radical (unpaired) electrons. The molecule has 8 nitrogen and oxygen atoms in total. The Balaban J connectivity index is 1.70. The van der Waals surface area contributed by atoms with Crippen LogP contribution >= 0.6 is 0 Å². The van der Waals surface area contributed by atoms with E-state index >= 15 is 0 Å². The van der Waals surface area contributed by atoms with Crippen molar-refractivity contribution in [3.8, 4) is 0 Å². The molecule has 0 aromatic heterocycles. The van der Waals surface area contributed by atoms with Crippen molar-refractivity contribution in [2.24, 2.45) is 11.8 Å². The molecule has 3 fully saturated rings. The number of carbonyl (C=O) groups excluding carboxylic acids is 4. The lowest BCUT2D eigenvalue weighted by Gasteiger charge is -2.45. The number of amides is 3. The average Bonchev–Trinajstić information content (AvgIpc) is 3.26. The van der Waals surface area contributed by atoms with E-state index in [-0.39, 0.29) is 12.3 Å². The van der Waals surface area contributed by atoms with Gasteiger partial charge in [0, 0.05) is 19.1 Å². The average molecular weight is 462 g/mol. The number of benzene rings is 2. The molecule has 3 heterocycles. The fourth-order valence-corrected chi connectivity index (χ4v) is 5.87. The summed E-state index contributed by atoms with van der Waals surface area (Å²) in [5.74, 6) is -3.63. The lowest BCUT2D eigenvalue weighted by Crippen LogP contribution is -2.67. The largest absolute Gasteiger partial charge is 0.469 e. The quantitative estimate of drug-likeness (QED) is 0.552. The Kier molecular flexibility index (Phi) is 5.28. The first kappa shape index (κ1) is 22.3. The number of piperazine rings is 1. The predicted octanol–water partition coefficient (Wildman–Crippen LogP) is 1.90. The summed E-state index contributed by atoms with van der Waals surface area (Å²) in [4.78, 5) is 57.0. The van der Waals surface area contributed by atoms with E-state index in [0.29, 0.717) is 18.8 Å². The number of aryl methyl sites for hydroxylation is 2. The van der Waals surface area contributed by atoms with Gasteiger partial charge in [-0.1, -0.05) is 47.5 Å². The summed E-state index contributed by atoms with van der Waals surface area (Å²) in [6, 6.07) is 14.4. The van der Waals surface area contributed by atoms with Gasteiger partial charge in [-0.15, -0.1) is 0 Å². The zero-order chi connectivity index (χ0) is 24.2. The van der Waals surface area contributed by atoms with E-state index in [1.54, 1.807) is 12.1 Å². The van der Waals surface area contributed by atoms with Gasteiger partial charge in [0.15, 0.2) is 0 Å². The SMILES string of the molecule is COC(=O)C[C@]12C(=O)NCCN1[C@H](c1ccc(C)cc1)[C@H]1C(=O)N(c3ccc(C)cc3)C(=O)[C@@H]12. The minimum absolute atomic E-state index is 0.306. The summed E-state index contributed by atoms with van der Waals surface area (Å²) in [6.45, 7) is 4.68. The number of methoxy groups -OCH3 is 1. The van der Waals surface area contributed by atoms with Crippen LogP contribution in [0.2, 0.25) is 0 Å². The van der Waals surface area contributed by atoms with Crippen LogP contribution in [0.3, 0.4) is 0 Å². The third kappa shape index (κ3) is 3.09. The maximum atomic E-state index is 13.9. The van der Waals surface area contributed by atoms with Crippen molar-refractivity contribution in [1.29, 1.82) is 0 Å². The number of ether oxygens (including phenoxy) is 1. The van der Waals surface area contributed by atoms with Gasteiger partial charge in [0.2, 0.25) is 17.7 Å². The summed E-state index contributed by atoms with van der Waals surface area (Å²) >= 11 is 0. The fraction of sp³-hybridized carbons (Fsp3) is 0.385. The molecule has 2 aromatic rings. The molecule has 176 valence electrons. The second kappa shape index (κ2) is 8.06. The van der Waals surface area contributed by atoms with E-state index in [1.165, 1.54) is 12.0 Å². The van der Waals surface area contributed by atoms with Gasteiger partial charge in [0.25, 0.3) is 0 Å². The Morgan fingerprint density at radius 2 is 1.62 bits per heavy atom. The smallest absolute Gasteiger partial charge is 0.307 e. The number of anilines is 1. The highest BCUT2D eigenvalue weighted by molar-refractivity contribution is 6.24. The first-order chi connectivity index (χ1) is 16.3. The molecule has 2 aromatic carbocycles. The van der Waals surface area contributed by atoms with Gasteiger partial charge in [-0.3, -0.25) is 24.1 Å². The first-order valence-corrected chi connectivity index (χ1v) is 11.4. The van der Waals surface area contributed by atoms with Crippen molar-refractivity contribution < 1.29 is 23.9 Å². The number of fused-ring (bicyclic) bond motifs is 3. The molecule has 0 unspecified atom stereocenters. The van der Waals surface area contributed by atoms with Gasteiger partial charge < -0.3 is 10.1 Å². The number of imide groups is 1. The molecular formula is C26H27N3O5. The first-order valence-electron chi connectivity index (χ1n) is 11.4. The molecule has 1 N–H and O–H groups in total. The Morgan fingerprint density at radius 1 is 1.00 bits per heavy atom. The Hall–Kier alpha value is -3.52. The van der Waals surface area contributed by atoms with Gasteiger partial charge in [0.05, 0.1) is 31.1 Å². The number of carbonyl (C=O) groups is 4. The van der Waals surface area contributed by atoms with Crippen LogP contribution in [0.1, 0.15) is 29.2 Å². The molecular weight excluding hydrogens is 434 g/mol. The predicted molar refractivity (Wildman–Crippen MR) is 124 cm³/mol. The number of nitrogens with one attached hydrogen (secondary N) is 1. The van der Waals surface area contributed by atoms with Crippen LogP contribution in [0, 0.1) is 25.7 Å². The van der Waals surface area contributed by atoms with Crippen molar-refractivity contribution in [2.75, 3.05) is 25.1 Å². The van der Waals surface area contributed by atoms with E-state index in [1.807, 2.05) is 55.1 Å². The number of nitrogens with zero attached hydrogens (tertiary/aromatic N) is 2. The maximum absolute atomic E-state index is 13.9. The highest BCUT2D eigenvalue weighted by Gasteiger charge is 2.73. The third-order valence-corrected chi connectivity index (χ3v) is 7.44. The minimum Gasteiger partial charge on any atom is -0.469 e. The molecule has 0 aliphatic carbocycles. The van der Waals surface area contributed by atoms with Crippen molar-refractivity contribution in [3.05, 3.63) is 65.2 Å². The summed E-state index contributed by atoms with van der Waals surface area (Å²) in [5.41, 5.74) is 1.87. The Labute approximate surface area is 197 Å². The number of rotatable bonds is 4. The van der Waals surface area contributed by atoms with Crippen LogP contribution in [0.25, 0.3) is 0 Å². The van der Waals surface area contributed by atoms with Crippen LogP contribution in [0.15, 0.2) is 48.5 Å². The van der Waals surface area contributed by atoms with Gasteiger partial charge in [-0.25, -0.2) is 4.90 Å². The topological polar surface area (TPSA) is 96.0 Å². The zero-order valence-electron chi connectivity index (χ0n) is 19.4. The summed E-state index contributed by atoms with van der Waals surface area (Å²) in [6.07, 6.45) is -0.306. The molecule has 8 heteroatoms. The van der Waals surface area contributed by atoms with Gasteiger partial charge in [0.1, 0.15) is 5.54 Å². The van der Waals surface area contributed by atoms with E-state index in [2.05, 4.69) is 5.32 Å². The Bertz CT molecular complexity index is 1180. The lowest BCUT2D eigenvalue weighted by molar-refractivity contribution is -0.154. The van der Waals surface area contributed by atoms with Crippen LogP contribution in [0.4, 0.5) is 5.69 Å². The second-order valence-electron chi connectivity index (χ2n) is 9.33. The second-order valence-corrected chi connectivity index (χ2v) is 9.33. The van der Waals surface area contributed by atoms with E-state index in [4.69, 9.17) is 4.74 Å². The maximum Gasteiger partial charge on any atom is 0.307 e. The molecule has 3 saturated heterocycles. The molecule has 5 rings (SSSR count). The Morgan fingerprint density at radius 3 is 2.24 bits per heavy atom. The minimum atomic E-state index is -1.50. The lowest BCUT2D eigenvalue weighted by atomic mass is 9.76. The fourth-order valence-electron chi connectivity index (χ4n) is 5.87. The standard InChI is InChI=1S/C26H27N3O5/c1-15-4-8-17(9-5-15)22-20-21(24(32)29(23(20)31)18-10-6-16(2)7-11-18)26(14-19(30)34-3)25(33)27-12-13-28(22)26/h4-11,20-22H,12-14H2,1-3H3,(H,27,33)/t20-,21+,22+,26-/m0/s1. The molecule has 0 spiro atoms. The van der Waals surface area contributed by atoms with Crippen molar-refractivity contribution in [3.63, 3.8) is 0 Å². The molecule has 34 heavy (non-hydrogen) atoms. The van der Waals surface area contributed by atoms with Gasteiger partial charge >= 0.3 is 5.97 Å². The summed E-state index contributed by atoms with van der Waals surface area (Å²) in [7, 11) is 1.26. The van der Waals surface area contributed by atoms with E-state index < -0.39 is 41.2 Å². The van der Waals surface area contributed by atoms with E-state index in [9.17, 15) is 19.2 Å². The molecule has 3 amide bonds. The molecule has 0 bridgehead atoms. The summed E-state index contributed by atoms with van der Waals surface area (Å²) < 4.78 is 4.94. The van der Waals surface area contributed by atoms with Crippen LogP contribution in [-0.4, -0.2) is 54.3 Å². The van der Waals surface area contributed by atoms with E-state index in [0.717, 1.165) is 16.7 Å². The van der Waals surface area contributed by atoms with Crippen molar-refractivity contribution in [2.45, 2.75) is 31.8 Å². The van der Waals surface area contributed by atoms with Crippen LogP contribution < -0.4 is 10.2 Å². The highest BCUT2D eigenvalue weighted by Crippen LogP contribution is 2.57. The normalized spacial score (nSPS) is 28.5. The number of hydrogen-bond acceptors (Lipinski definition) is 6. The molecule has 4 atom stereocenters.